The maximum Gasteiger partial charge on any atom is 0.338 e. The number of rotatable bonds is 6. The lowest BCUT2D eigenvalue weighted by Gasteiger charge is -2.09. The number of esters is 1. The van der Waals surface area contributed by atoms with E-state index in [4.69, 9.17) is 13.6 Å². The third kappa shape index (κ3) is 4.47. The number of benzene rings is 3. The summed E-state index contributed by atoms with van der Waals surface area (Å²) in [5.74, 6) is 0.875. The number of aromatic nitrogens is 4. The number of nitrogens with zero attached hydrogens (tertiary/aromatic N) is 4. The van der Waals surface area contributed by atoms with E-state index in [0.717, 1.165) is 16.7 Å². The van der Waals surface area contributed by atoms with Crippen molar-refractivity contribution < 1.29 is 18.4 Å². The molecule has 0 aliphatic rings. The molecule has 0 aliphatic heterocycles. The van der Waals surface area contributed by atoms with Crippen molar-refractivity contribution in [2.45, 2.75) is 20.0 Å². The summed E-state index contributed by atoms with van der Waals surface area (Å²) in [6.45, 7) is 3.69. The second-order valence-corrected chi connectivity index (χ2v) is 7.71. The van der Waals surface area contributed by atoms with Gasteiger partial charge in [-0.05, 0) is 62.4 Å². The predicted octanol–water partition coefficient (Wildman–Crippen LogP) is 5.68. The van der Waals surface area contributed by atoms with Crippen molar-refractivity contribution in [3.05, 3.63) is 95.9 Å². The van der Waals surface area contributed by atoms with Crippen LogP contribution < -0.4 is 0 Å². The highest BCUT2D eigenvalue weighted by molar-refractivity contribution is 5.90. The van der Waals surface area contributed by atoms with E-state index >= 15 is 0 Å². The van der Waals surface area contributed by atoms with Gasteiger partial charge in [0.05, 0.1) is 5.56 Å². The van der Waals surface area contributed by atoms with E-state index in [0.29, 0.717) is 28.8 Å². The molecule has 0 radical (unpaired) electrons. The van der Waals surface area contributed by atoms with Crippen LogP contribution in [0, 0.1) is 6.92 Å². The molecule has 0 fully saturated rings. The van der Waals surface area contributed by atoms with Gasteiger partial charge in [-0.3, -0.25) is 0 Å². The van der Waals surface area contributed by atoms with Crippen LogP contribution in [0.3, 0.4) is 0 Å². The molecule has 0 N–H and O–H groups in total. The molecule has 0 aliphatic carbocycles. The number of aryl methyl sites for hydroxylation is 1. The Morgan fingerprint density at radius 2 is 1.24 bits per heavy atom. The molecular weight excluding hydrogens is 432 g/mol. The summed E-state index contributed by atoms with van der Waals surface area (Å²) in [5, 5.41) is 16.3. The van der Waals surface area contributed by atoms with Gasteiger partial charge in [-0.25, -0.2) is 4.79 Å². The van der Waals surface area contributed by atoms with Crippen molar-refractivity contribution >= 4 is 5.97 Å². The number of hydrogen-bond donors (Lipinski definition) is 0. The van der Waals surface area contributed by atoms with E-state index in [-0.39, 0.29) is 5.89 Å². The van der Waals surface area contributed by atoms with Gasteiger partial charge in [0.15, 0.2) is 6.10 Å². The van der Waals surface area contributed by atoms with Crippen molar-refractivity contribution in [1.82, 2.24) is 20.4 Å². The number of carbonyl (C=O) groups excluding carboxylic acids is 1. The van der Waals surface area contributed by atoms with Gasteiger partial charge in [0, 0.05) is 16.7 Å². The second-order valence-electron chi connectivity index (χ2n) is 7.71. The zero-order valence-corrected chi connectivity index (χ0v) is 18.5. The predicted molar refractivity (Wildman–Crippen MR) is 123 cm³/mol. The maximum atomic E-state index is 12.6. The van der Waals surface area contributed by atoms with E-state index in [1.807, 2.05) is 61.5 Å². The van der Waals surface area contributed by atoms with E-state index in [2.05, 4.69) is 20.4 Å². The largest absolute Gasteiger partial charge is 0.449 e. The minimum Gasteiger partial charge on any atom is -0.449 e. The van der Waals surface area contributed by atoms with Gasteiger partial charge in [0.2, 0.25) is 17.7 Å². The smallest absolute Gasteiger partial charge is 0.338 e. The lowest BCUT2D eigenvalue weighted by atomic mass is 10.1. The molecule has 0 spiro atoms. The van der Waals surface area contributed by atoms with Crippen LogP contribution in [0.15, 0.2) is 87.7 Å². The molecule has 0 saturated heterocycles. The van der Waals surface area contributed by atoms with Crippen molar-refractivity contribution in [3.8, 4) is 34.4 Å². The van der Waals surface area contributed by atoms with Crippen molar-refractivity contribution in [3.63, 3.8) is 0 Å². The highest BCUT2D eigenvalue weighted by atomic mass is 16.6. The first-order valence-corrected chi connectivity index (χ1v) is 10.7. The molecule has 1 atom stereocenters. The summed E-state index contributed by atoms with van der Waals surface area (Å²) in [4.78, 5) is 12.6. The summed E-state index contributed by atoms with van der Waals surface area (Å²) < 4.78 is 17.0. The van der Waals surface area contributed by atoms with Crippen molar-refractivity contribution in [1.29, 1.82) is 0 Å². The third-order valence-electron chi connectivity index (χ3n) is 5.18. The summed E-state index contributed by atoms with van der Waals surface area (Å²) in [6, 6.07) is 24.0. The minimum atomic E-state index is -0.704. The summed E-state index contributed by atoms with van der Waals surface area (Å²) >= 11 is 0. The minimum absolute atomic E-state index is 0.221. The summed E-state index contributed by atoms with van der Waals surface area (Å²) in [5.41, 5.74) is 3.85. The normalized spacial score (nSPS) is 11.8. The van der Waals surface area contributed by atoms with Crippen LogP contribution in [0.1, 0.15) is 34.8 Å². The van der Waals surface area contributed by atoms with Gasteiger partial charge < -0.3 is 13.6 Å². The van der Waals surface area contributed by atoms with Crippen LogP contribution in [0.4, 0.5) is 0 Å². The molecule has 0 bridgehead atoms. The number of ether oxygens (including phenoxy) is 1. The van der Waals surface area contributed by atoms with Crippen LogP contribution in [-0.4, -0.2) is 26.4 Å². The van der Waals surface area contributed by atoms with Crippen molar-refractivity contribution in [2.24, 2.45) is 0 Å². The van der Waals surface area contributed by atoms with E-state index < -0.39 is 12.1 Å². The molecular formula is C26H20N4O4. The quantitative estimate of drug-likeness (QED) is 0.303. The zero-order chi connectivity index (χ0) is 23.5. The Labute approximate surface area is 195 Å². The fraction of sp³-hybridized carbons (Fsp3) is 0.115. The average Bonchev–Trinajstić information content (AvgIpc) is 3.56. The molecule has 8 nitrogen and oxygen atoms in total. The Kier molecular flexibility index (Phi) is 5.70. The monoisotopic (exact) mass is 452 g/mol. The third-order valence-corrected chi connectivity index (χ3v) is 5.18. The van der Waals surface area contributed by atoms with Crippen LogP contribution in [0.5, 0.6) is 0 Å². The Morgan fingerprint density at radius 3 is 1.88 bits per heavy atom. The Hall–Kier alpha value is -4.59. The first-order chi connectivity index (χ1) is 16.6. The second kappa shape index (κ2) is 9.11. The fourth-order valence-corrected chi connectivity index (χ4v) is 3.28. The molecule has 5 rings (SSSR count). The SMILES string of the molecule is Cc1ccc(-c2nnc(-c3ccc(C(=O)O[C@@H](C)c4nnc(-c5ccccc5)o4)cc3)o2)cc1. The molecule has 3 aromatic carbocycles. The van der Waals surface area contributed by atoms with Gasteiger partial charge in [0.1, 0.15) is 0 Å². The molecule has 5 aromatic rings. The molecule has 0 unspecified atom stereocenters. The van der Waals surface area contributed by atoms with Gasteiger partial charge in [-0.2, -0.15) is 0 Å². The number of hydrogen-bond acceptors (Lipinski definition) is 8. The molecule has 8 heteroatoms. The van der Waals surface area contributed by atoms with Gasteiger partial charge >= 0.3 is 5.97 Å². The Balaban J connectivity index is 1.25. The molecule has 0 saturated carbocycles. The topological polar surface area (TPSA) is 104 Å². The highest BCUT2D eigenvalue weighted by Crippen LogP contribution is 2.26. The zero-order valence-electron chi connectivity index (χ0n) is 18.5. The Bertz CT molecular complexity index is 1410. The molecule has 168 valence electrons. The number of carbonyl (C=O) groups is 1. The molecule has 34 heavy (non-hydrogen) atoms. The highest BCUT2D eigenvalue weighted by Gasteiger charge is 2.20. The van der Waals surface area contributed by atoms with Crippen molar-refractivity contribution in [2.75, 3.05) is 0 Å². The van der Waals surface area contributed by atoms with E-state index in [1.54, 1.807) is 31.2 Å². The fourth-order valence-electron chi connectivity index (χ4n) is 3.28. The van der Waals surface area contributed by atoms with Crippen LogP contribution in [0.2, 0.25) is 0 Å². The van der Waals surface area contributed by atoms with E-state index in [9.17, 15) is 4.79 Å². The lowest BCUT2D eigenvalue weighted by molar-refractivity contribution is 0.0280. The first-order valence-electron chi connectivity index (χ1n) is 10.7. The molecule has 0 amide bonds. The Morgan fingerprint density at radius 1 is 0.706 bits per heavy atom. The van der Waals surface area contributed by atoms with E-state index in [1.165, 1.54) is 0 Å². The van der Waals surface area contributed by atoms with Gasteiger partial charge in [0.25, 0.3) is 5.89 Å². The maximum absolute atomic E-state index is 12.6. The van der Waals surface area contributed by atoms with Crippen LogP contribution >= 0.6 is 0 Å². The molecule has 2 heterocycles. The average molecular weight is 452 g/mol. The standard InChI is InChI=1S/C26H20N4O4/c1-16-8-10-19(11-9-16)24-29-30-25(34-24)20-12-14-21(15-13-20)26(31)32-17(2)22-27-28-23(33-22)18-6-4-3-5-7-18/h3-15,17H,1-2H3/t17-/m0/s1. The first kappa shape index (κ1) is 21.3. The van der Waals surface area contributed by atoms with Crippen LogP contribution in [0.25, 0.3) is 34.4 Å². The summed E-state index contributed by atoms with van der Waals surface area (Å²) in [6.07, 6.45) is -0.704. The summed E-state index contributed by atoms with van der Waals surface area (Å²) in [7, 11) is 0. The lowest BCUT2D eigenvalue weighted by Crippen LogP contribution is -2.09. The van der Waals surface area contributed by atoms with Crippen LogP contribution in [-0.2, 0) is 4.74 Å². The molecule has 2 aromatic heterocycles. The van der Waals surface area contributed by atoms with Gasteiger partial charge in [-0.1, -0.05) is 35.9 Å². The van der Waals surface area contributed by atoms with Gasteiger partial charge in [-0.15, -0.1) is 20.4 Å².